The fourth-order valence-corrected chi connectivity index (χ4v) is 3.65. The SMILES string of the molecule is CCOC(=O)CN(CC(=O)OCC)c1ccc(-c2nc(C(Cl)(Cl)Cl)nc(C(Cl)(Cl)Cl)n2)c(Br)c1. The molecule has 0 saturated carbocycles. The van der Waals surface area contributed by atoms with Crippen LogP contribution < -0.4 is 4.90 Å². The highest BCUT2D eigenvalue weighted by Gasteiger charge is 2.34. The number of benzene rings is 1. The molecule has 34 heavy (non-hydrogen) atoms. The fourth-order valence-electron chi connectivity index (χ4n) is 2.60. The first-order valence-electron chi connectivity index (χ1n) is 9.52. The van der Waals surface area contributed by atoms with E-state index < -0.39 is 19.5 Å². The summed E-state index contributed by atoms with van der Waals surface area (Å²) in [5.41, 5.74) is 0.943. The van der Waals surface area contributed by atoms with Crippen LogP contribution in [-0.2, 0) is 26.6 Å². The van der Waals surface area contributed by atoms with E-state index in [2.05, 4.69) is 30.9 Å². The number of aromatic nitrogens is 3. The van der Waals surface area contributed by atoms with Gasteiger partial charge in [-0.2, -0.15) is 0 Å². The van der Waals surface area contributed by atoms with E-state index >= 15 is 0 Å². The molecule has 0 amide bonds. The summed E-state index contributed by atoms with van der Waals surface area (Å²) in [6, 6.07) is 4.89. The number of carbonyl (C=O) groups is 2. The number of halogens is 7. The maximum Gasteiger partial charge on any atom is 0.325 e. The van der Waals surface area contributed by atoms with Gasteiger partial charge in [0.25, 0.3) is 0 Å². The predicted molar refractivity (Wildman–Crippen MR) is 137 cm³/mol. The minimum absolute atomic E-state index is 0.0541. The van der Waals surface area contributed by atoms with Crippen LogP contribution in [0.4, 0.5) is 5.69 Å². The van der Waals surface area contributed by atoms with Crippen LogP contribution in [0, 0.1) is 0 Å². The molecule has 0 aliphatic carbocycles. The molecule has 0 N–H and O–H groups in total. The summed E-state index contributed by atoms with van der Waals surface area (Å²) in [6.07, 6.45) is 0. The van der Waals surface area contributed by atoms with Gasteiger partial charge in [-0.05, 0) is 48.0 Å². The van der Waals surface area contributed by atoms with Gasteiger partial charge in [-0.1, -0.05) is 69.6 Å². The van der Waals surface area contributed by atoms with Crippen molar-refractivity contribution in [3.05, 3.63) is 34.3 Å². The highest BCUT2D eigenvalue weighted by atomic mass is 79.9. The summed E-state index contributed by atoms with van der Waals surface area (Å²) >= 11 is 39.1. The largest absolute Gasteiger partial charge is 0.465 e. The van der Waals surface area contributed by atoms with E-state index in [0.29, 0.717) is 15.7 Å². The van der Waals surface area contributed by atoms with Crippen molar-refractivity contribution in [2.75, 3.05) is 31.2 Å². The van der Waals surface area contributed by atoms with E-state index in [9.17, 15) is 9.59 Å². The quantitative estimate of drug-likeness (QED) is 0.257. The number of anilines is 1. The molecule has 1 aromatic heterocycles. The minimum atomic E-state index is -2.01. The lowest BCUT2D eigenvalue weighted by molar-refractivity contribution is -0.142. The Labute approximate surface area is 234 Å². The molecule has 2 aromatic rings. The average molecular weight is 658 g/mol. The first-order chi connectivity index (χ1) is 15.8. The third-order valence-corrected chi connectivity index (χ3v) is 5.62. The molecule has 2 rings (SSSR count). The second kappa shape index (κ2) is 12.4. The van der Waals surface area contributed by atoms with Crippen molar-refractivity contribution in [1.29, 1.82) is 0 Å². The van der Waals surface area contributed by atoms with Gasteiger partial charge in [0.2, 0.25) is 7.59 Å². The van der Waals surface area contributed by atoms with Crippen LogP contribution in [0.25, 0.3) is 11.4 Å². The zero-order chi connectivity index (χ0) is 25.7. The van der Waals surface area contributed by atoms with E-state index in [-0.39, 0.29) is 43.8 Å². The monoisotopic (exact) mass is 654 g/mol. The molecule has 0 aliphatic heterocycles. The van der Waals surface area contributed by atoms with Crippen molar-refractivity contribution < 1.29 is 19.1 Å². The Bertz CT molecular complexity index is 996. The van der Waals surface area contributed by atoms with Crippen molar-refractivity contribution in [3.8, 4) is 11.4 Å². The summed E-state index contributed by atoms with van der Waals surface area (Å²) in [5, 5.41) is 0. The van der Waals surface area contributed by atoms with Gasteiger partial charge < -0.3 is 14.4 Å². The number of hydrogen-bond acceptors (Lipinski definition) is 8. The van der Waals surface area contributed by atoms with E-state index in [1.165, 1.54) is 4.90 Å². The summed E-state index contributed by atoms with van der Waals surface area (Å²) in [6.45, 7) is 3.41. The van der Waals surface area contributed by atoms with E-state index in [1.54, 1.807) is 32.0 Å². The number of carbonyl (C=O) groups excluding carboxylic acids is 2. The van der Waals surface area contributed by atoms with Crippen LogP contribution in [0.5, 0.6) is 0 Å². The van der Waals surface area contributed by atoms with Gasteiger partial charge in [0, 0.05) is 15.7 Å². The van der Waals surface area contributed by atoms with Gasteiger partial charge in [-0.25, -0.2) is 15.0 Å². The summed E-state index contributed by atoms with van der Waals surface area (Å²) in [7, 11) is 0. The van der Waals surface area contributed by atoms with Crippen molar-refractivity contribution >= 4 is 103 Å². The number of alkyl halides is 6. The summed E-state index contributed by atoms with van der Waals surface area (Å²) in [4.78, 5) is 37.9. The fraction of sp³-hybridized carbons (Fsp3) is 0.421. The van der Waals surface area contributed by atoms with Crippen LogP contribution in [0.2, 0.25) is 0 Å². The van der Waals surface area contributed by atoms with Crippen LogP contribution >= 0.6 is 85.5 Å². The van der Waals surface area contributed by atoms with Crippen LogP contribution in [0.1, 0.15) is 25.5 Å². The van der Waals surface area contributed by atoms with Crippen LogP contribution in [-0.4, -0.2) is 53.2 Å². The van der Waals surface area contributed by atoms with Crippen LogP contribution in [0.3, 0.4) is 0 Å². The van der Waals surface area contributed by atoms with Gasteiger partial charge in [-0.3, -0.25) is 9.59 Å². The minimum Gasteiger partial charge on any atom is -0.465 e. The Morgan fingerprint density at radius 1 is 0.882 bits per heavy atom. The molecular formula is C19H17BrCl6N4O4. The molecule has 0 spiro atoms. The van der Waals surface area contributed by atoms with Crippen molar-refractivity contribution in [2.24, 2.45) is 0 Å². The number of esters is 2. The van der Waals surface area contributed by atoms with E-state index in [1.807, 2.05) is 0 Å². The average Bonchev–Trinajstić information content (AvgIpc) is 2.72. The Balaban J connectivity index is 2.51. The highest BCUT2D eigenvalue weighted by Crippen LogP contribution is 2.41. The number of nitrogens with zero attached hydrogens (tertiary/aromatic N) is 4. The molecular weight excluding hydrogens is 641 g/mol. The normalized spacial score (nSPS) is 11.8. The molecule has 0 unspecified atom stereocenters. The predicted octanol–water partition coefficient (Wildman–Crippen LogP) is 5.89. The topological polar surface area (TPSA) is 94.5 Å². The molecule has 186 valence electrons. The van der Waals surface area contributed by atoms with Gasteiger partial charge >= 0.3 is 11.9 Å². The molecule has 0 atom stereocenters. The van der Waals surface area contributed by atoms with Gasteiger partial charge in [-0.15, -0.1) is 0 Å². The lowest BCUT2D eigenvalue weighted by Gasteiger charge is -2.23. The molecule has 0 saturated heterocycles. The Morgan fingerprint density at radius 3 is 1.74 bits per heavy atom. The Kier molecular flexibility index (Phi) is 10.8. The standard InChI is InChI=1S/C19H17BrCl6N4O4/c1-3-33-13(31)8-30(9-14(32)34-4-2)10-5-6-11(12(20)7-10)15-27-16(18(21,22)23)29-17(28-15)19(24,25)26/h5-7H,3-4,8-9H2,1-2H3. The first kappa shape index (κ1) is 29.4. The molecule has 1 aromatic carbocycles. The molecule has 0 aliphatic rings. The maximum absolute atomic E-state index is 12.1. The third kappa shape index (κ3) is 8.40. The highest BCUT2D eigenvalue weighted by molar-refractivity contribution is 9.10. The molecule has 1 heterocycles. The van der Waals surface area contributed by atoms with Gasteiger partial charge in [0.1, 0.15) is 13.1 Å². The third-order valence-electron chi connectivity index (χ3n) is 3.95. The van der Waals surface area contributed by atoms with Crippen molar-refractivity contribution in [3.63, 3.8) is 0 Å². The molecule has 0 fully saturated rings. The second-order valence-electron chi connectivity index (χ2n) is 6.43. The number of ether oxygens (including phenoxy) is 2. The summed E-state index contributed by atoms with van der Waals surface area (Å²) < 4.78 is 6.46. The smallest absolute Gasteiger partial charge is 0.325 e. The zero-order valence-corrected chi connectivity index (χ0v) is 23.7. The molecule has 0 bridgehead atoms. The molecule has 8 nitrogen and oxygen atoms in total. The van der Waals surface area contributed by atoms with E-state index in [0.717, 1.165) is 0 Å². The number of rotatable bonds is 8. The van der Waals surface area contributed by atoms with Crippen molar-refractivity contribution in [1.82, 2.24) is 15.0 Å². The Morgan fingerprint density at radius 2 is 1.35 bits per heavy atom. The van der Waals surface area contributed by atoms with E-state index in [4.69, 9.17) is 79.1 Å². The maximum atomic E-state index is 12.1. The zero-order valence-electron chi connectivity index (χ0n) is 17.6. The van der Waals surface area contributed by atoms with Gasteiger partial charge in [0.15, 0.2) is 17.5 Å². The lowest BCUT2D eigenvalue weighted by Crippen LogP contribution is -2.36. The molecule has 0 radical (unpaired) electrons. The summed E-state index contributed by atoms with van der Waals surface area (Å²) in [5.74, 6) is -1.45. The number of hydrogen-bond donors (Lipinski definition) is 0. The van der Waals surface area contributed by atoms with Crippen molar-refractivity contribution in [2.45, 2.75) is 21.4 Å². The first-order valence-corrected chi connectivity index (χ1v) is 12.6. The van der Waals surface area contributed by atoms with Crippen LogP contribution in [0.15, 0.2) is 22.7 Å². The van der Waals surface area contributed by atoms with Gasteiger partial charge in [0.05, 0.1) is 13.2 Å². The Hall–Kier alpha value is -0.810. The molecule has 15 heteroatoms. The lowest BCUT2D eigenvalue weighted by atomic mass is 10.1. The second-order valence-corrected chi connectivity index (χ2v) is 11.8.